The first-order valence-electron chi connectivity index (χ1n) is 8.62. The third-order valence-electron chi connectivity index (χ3n) is 4.52. The summed E-state index contributed by atoms with van der Waals surface area (Å²) < 4.78 is 5.72. The van der Waals surface area contributed by atoms with Crippen molar-refractivity contribution >= 4 is 18.3 Å². The van der Waals surface area contributed by atoms with Crippen LogP contribution in [0.2, 0.25) is 0 Å². The van der Waals surface area contributed by atoms with E-state index in [9.17, 15) is 9.90 Å². The van der Waals surface area contributed by atoms with E-state index in [1.54, 1.807) is 11.0 Å². The number of hydrogen-bond acceptors (Lipinski definition) is 4. The van der Waals surface area contributed by atoms with Crippen LogP contribution in [0.4, 0.5) is 0 Å². The highest BCUT2D eigenvalue weighted by molar-refractivity contribution is 5.85. The zero-order valence-electron chi connectivity index (χ0n) is 14.9. The number of aromatic hydroxyl groups is 1. The molecule has 0 unspecified atom stereocenters. The molecular formula is C20H25ClN2O3. The average Bonchev–Trinajstić information content (AvgIpc) is 2.83. The van der Waals surface area contributed by atoms with Gasteiger partial charge in [0.1, 0.15) is 6.61 Å². The smallest absolute Gasteiger partial charge is 0.223 e. The Balaban J connectivity index is 0.00000243. The number of amides is 1. The molecule has 2 aromatic carbocycles. The molecule has 3 rings (SSSR count). The van der Waals surface area contributed by atoms with Gasteiger partial charge >= 0.3 is 0 Å². The van der Waals surface area contributed by atoms with Crippen LogP contribution in [-0.4, -0.2) is 35.6 Å². The molecule has 5 nitrogen and oxygen atoms in total. The van der Waals surface area contributed by atoms with Gasteiger partial charge in [-0.1, -0.05) is 24.3 Å². The van der Waals surface area contributed by atoms with Gasteiger partial charge in [-0.15, -0.1) is 12.4 Å². The Morgan fingerprint density at radius 2 is 2.08 bits per heavy atom. The lowest BCUT2D eigenvalue weighted by molar-refractivity contribution is -0.132. The number of fused-ring (bicyclic) bond motifs is 1. The SMILES string of the molecule is Cc1ccccc1-c1cc(O)c2c(c1)CN(C(=O)CCCN)CCO2.Cl. The van der Waals surface area contributed by atoms with Gasteiger partial charge in [0.25, 0.3) is 0 Å². The molecule has 0 saturated carbocycles. The molecule has 0 atom stereocenters. The molecular weight excluding hydrogens is 352 g/mol. The number of ether oxygens (including phenoxy) is 1. The molecule has 1 aliphatic rings. The van der Waals surface area contributed by atoms with Gasteiger partial charge in [0.2, 0.25) is 5.91 Å². The van der Waals surface area contributed by atoms with E-state index < -0.39 is 0 Å². The van der Waals surface area contributed by atoms with E-state index in [1.807, 2.05) is 37.3 Å². The first-order chi connectivity index (χ1) is 12.1. The number of phenols is 1. The van der Waals surface area contributed by atoms with E-state index in [1.165, 1.54) is 0 Å². The second kappa shape index (κ2) is 8.92. The lowest BCUT2D eigenvalue weighted by Gasteiger charge is -2.20. The van der Waals surface area contributed by atoms with E-state index in [4.69, 9.17) is 10.5 Å². The maximum atomic E-state index is 12.4. The molecule has 0 saturated heterocycles. The number of halogens is 1. The van der Waals surface area contributed by atoms with Crippen molar-refractivity contribution < 1.29 is 14.6 Å². The van der Waals surface area contributed by atoms with Crippen molar-refractivity contribution in [3.63, 3.8) is 0 Å². The van der Waals surface area contributed by atoms with Crippen LogP contribution in [-0.2, 0) is 11.3 Å². The van der Waals surface area contributed by atoms with Crippen molar-refractivity contribution in [1.82, 2.24) is 4.90 Å². The number of carbonyl (C=O) groups is 1. The fraction of sp³-hybridized carbons (Fsp3) is 0.350. The Kier molecular flexibility index (Phi) is 6.89. The van der Waals surface area contributed by atoms with Crippen LogP contribution in [0.1, 0.15) is 24.0 Å². The van der Waals surface area contributed by atoms with Crippen LogP contribution in [0.3, 0.4) is 0 Å². The number of phenolic OH excluding ortho intramolecular Hbond substituents is 1. The van der Waals surface area contributed by atoms with E-state index in [-0.39, 0.29) is 24.1 Å². The Hall–Kier alpha value is -2.24. The molecule has 0 bridgehead atoms. The minimum atomic E-state index is 0. The molecule has 1 amide bonds. The van der Waals surface area contributed by atoms with Crippen LogP contribution in [0.15, 0.2) is 36.4 Å². The molecule has 26 heavy (non-hydrogen) atoms. The number of nitrogens with zero attached hydrogens (tertiary/aromatic N) is 1. The third kappa shape index (κ3) is 4.29. The fourth-order valence-corrected chi connectivity index (χ4v) is 3.18. The van der Waals surface area contributed by atoms with Gasteiger partial charge in [-0.3, -0.25) is 4.79 Å². The van der Waals surface area contributed by atoms with Gasteiger partial charge in [-0.25, -0.2) is 0 Å². The highest BCUT2D eigenvalue weighted by Gasteiger charge is 2.22. The summed E-state index contributed by atoms with van der Waals surface area (Å²) in [5.41, 5.74) is 9.45. The Bertz CT molecular complexity index is 780. The fourth-order valence-electron chi connectivity index (χ4n) is 3.18. The van der Waals surface area contributed by atoms with E-state index in [0.29, 0.717) is 44.8 Å². The van der Waals surface area contributed by atoms with Crippen LogP contribution in [0, 0.1) is 6.92 Å². The van der Waals surface area contributed by atoms with Gasteiger partial charge in [0.05, 0.1) is 6.54 Å². The molecule has 140 valence electrons. The van der Waals surface area contributed by atoms with Crippen molar-refractivity contribution in [2.24, 2.45) is 5.73 Å². The predicted molar refractivity (Wildman–Crippen MR) is 105 cm³/mol. The highest BCUT2D eigenvalue weighted by atomic mass is 35.5. The molecule has 0 aromatic heterocycles. The summed E-state index contributed by atoms with van der Waals surface area (Å²) in [5, 5.41) is 10.4. The van der Waals surface area contributed by atoms with Crippen LogP contribution >= 0.6 is 12.4 Å². The number of hydrogen-bond donors (Lipinski definition) is 2. The maximum absolute atomic E-state index is 12.4. The first-order valence-corrected chi connectivity index (χ1v) is 8.62. The molecule has 6 heteroatoms. The molecule has 0 spiro atoms. The minimum Gasteiger partial charge on any atom is -0.504 e. The lowest BCUT2D eigenvalue weighted by Crippen LogP contribution is -2.32. The number of aryl methyl sites for hydroxylation is 1. The van der Waals surface area contributed by atoms with E-state index in [2.05, 4.69) is 0 Å². The zero-order chi connectivity index (χ0) is 17.8. The van der Waals surface area contributed by atoms with Crippen molar-refractivity contribution in [3.8, 4) is 22.6 Å². The molecule has 0 fully saturated rings. The largest absolute Gasteiger partial charge is 0.504 e. The Labute approximate surface area is 160 Å². The normalized spacial score (nSPS) is 13.2. The molecule has 1 heterocycles. The Morgan fingerprint density at radius 1 is 1.31 bits per heavy atom. The second-order valence-corrected chi connectivity index (χ2v) is 6.35. The minimum absolute atomic E-state index is 0. The number of benzene rings is 2. The van der Waals surface area contributed by atoms with E-state index >= 15 is 0 Å². The molecule has 0 aliphatic carbocycles. The summed E-state index contributed by atoms with van der Waals surface area (Å²) in [4.78, 5) is 14.1. The van der Waals surface area contributed by atoms with Gasteiger partial charge in [-0.2, -0.15) is 0 Å². The van der Waals surface area contributed by atoms with Crippen LogP contribution < -0.4 is 10.5 Å². The van der Waals surface area contributed by atoms with E-state index in [0.717, 1.165) is 22.3 Å². The first kappa shape index (κ1) is 20.1. The average molecular weight is 377 g/mol. The van der Waals surface area contributed by atoms with Crippen LogP contribution in [0.25, 0.3) is 11.1 Å². The van der Waals surface area contributed by atoms with Gasteiger partial charge in [0.15, 0.2) is 11.5 Å². The van der Waals surface area contributed by atoms with Crippen LogP contribution in [0.5, 0.6) is 11.5 Å². The van der Waals surface area contributed by atoms with Crippen molar-refractivity contribution in [2.45, 2.75) is 26.3 Å². The van der Waals surface area contributed by atoms with Gasteiger partial charge < -0.3 is 20.5 Å². The molecule has 1 aliphatic heterocycles. The maximum Gasteiger partial charge on any atom is 0.223 e. The number of rotatable bonds is 4. The Morgan fingerprint density at radius 3 is 2.81 bits per heavy atom. The topological polar surface area (TPSA) is 75.8 Å². The summed E-state index contributed by atoms with van der Waals surface area (Å²) in [7, 11) is 0. The quantitative estimate of drug-likeness (QED) is 0.858. The summed E-state index contributed by atoms with van der Waals surface area (Å²) in [6, 6.07) is 11.8. The summed E-state index contributed by atoms with van der Waals surface area (Å²) in [6.07, 6.45) is 1.12. The summed E-state index contributed by atoms with van der Waals surface area (Å²) in [6.45, 7) is 3.87. The van der Waals surface area contributed by atoms with Crippen molar-refractivity contribution in [2.75, 3.05) is 19.7 Å². The number of carbonyl (C=O) groups excluding carboxylic acids is 1. The lowest BCUT2D eigenvalue weighted by atomic mass is 9.98. The van der Waals surface area contributed by atoms with Crippen molar-refractivity contribution in [1.29, 1.82) is 0 Å². The van der Waals surface area contributed by atoms with Gasteiger partial charge in [-0.05, 0) is 48.7 Å². The monoisotopic (exact) mass is 376 g/mol. The molecule has 0 radical (unpaired) electrons. The van der Waals surface area contributed by atoms with Gasteiger partial charge in [0, 0.05) is 18.5 Å². The molecule has 2 aromatic rings. The number of nitrogens with two attached hydrogens (primary N) is 1. The zero-order valence-corrected chi connectivity index (χ0v) is 15.7. The van der Waals surface area contributed by atoms with Crippen molar-refractivity contribution in [3.05, 3.63) is 47.5 Å². The molecule has 3 N–H and O–H groups in total. The second-order valence-electron chi connectivity index (χ2n) is 6.35. The third-order valence-corrected chi connectivity index (χ3v) is 4.52. The standard InChI is InChI=1S/C20H24N2O3.ClH/c1-14-5-2-3-6-17(14)15-11-16-13-22(19(24)7-4-8-21)9-10-25-20(16)18(23)12-15;/h2-3,5-6,11-12,23H,4,7-10,13,21H2,1H3;1H. The summed E-state index contributed by atoms with van der Waals surface area (Å²) >= 11 is 0. The predicted octanol–water partition coefficient (Wildman–Crippen LogP) is 3.25. The highest BCUT2D eigenvalue weighted by Crippen LogP contribution is 2.38. The summed E-state index contributed by atoms with van der Waals surface area (Å²) in [5.74, 6) is 0.668.